The van der Waals surface area contributed by atoms with Gasteiger partial charge in [-0.15, -0.1) is 0 Å². The van der Waals surface area contributed by atoms with E-state index in [1.807, 2.05) is 48.5 Å². The van der Waals surface area contributed by atoms with Gasteiger partial charge in [-0.2, -0.15) is 0 Å². The van der Waals surface area contributed by atoms with E-state index in [2.05, 4.69) is 21.2 Å². The molecule has 1 saturated carbocycles. The van der Waals surface area contributed by atoms with Crippen molar-refractivity contribution in [2.45, 2.75) is 19.4 Å². The van der Waals surface area contributed by atoms with Crippen molar-refractivity contribution in [1.82, 2.24) is 0 Å². The Morgan fingerprint density at radius 3 is 2.67 bits per heavy atom. The molecule has 0 spiro atoms. The lowest BCUT2D eigenvalue weighted by molar-refractivity contribution is -0.117. The van der Waals surface area contributed by atoms with E-state index in [1.54, 1.807) is 0 Å². The summed E-state index contributed by atoms with van der Waals surface area (Å²) in [5.74, 6) is 1.03. The highest BCUT2D eigenvalue weighted by molar-refractivity contribution is 9.10. The number of hydrogen-bond acceptors (Lipinski definition) is 2. The van der Waals surface area contributed by atoms with Crippen molar-refractivity contribution in [2.24, 2.45) is 5.92 Å². The SMILES string of the molecule is O=C(Nc1cc(Br)cc(OCc2ccccc2)c1)C1CC1. The van der Waals surface area contributed by atoms with Gasteiger partial charge in [-0.3, -0.25) is 4.79 Å². The van der Waals surface area contributed by atoms with Gasteiger partial charge in [0.05, 0.1) is 0 Å². The van der Waals surface area contributed by atoms with Crippen molar-refractivity contribution in [2.75, 3.05) is 5.32 Å². The summed E-state index contributed by atoms with van der Waals surface area (Å²) in [5.41, 5.74) is 1.88. The average molecular weight is 346 g/mol. The van der Waals surface area contributed by atoms with Gasteiger partial charge < -0.3 is 10.1 Å². The maximum atomic E-state index is 11.8. The Bertz CT molecular complexity index is 638. The second-order valence-corrected chi connectivity index (χ2v) is 6.13. The molecule has 0 saturated heterocycles. The molecular formula is C17H16BrNO2. The van der Waals surface area contributed by atoms with Gasteiger partial charge in [-0.25, -0.2) is 0 Å². The molecular weight excluding hydrogens is 330 g/mol. The summed E-state index contributed by atoms with van der Waals surface area (Å²) in [7, 11) is 0. The van der Waals surface area contributed by atoms with Crippen molar-refractivity contribution in [1.29, 1.82) is 0 Å². The fourth-order valence-corrected chi connectivity index (χ4v) is 2.52. The summed E-state index contributed by atoms with van der Waals surface area (Å²) in [6, 6.07) is 15.6. The lowest BCUT2D eigenvalue weighted by Gasteiger charge is -2.10. The third kappa shape index (κ3) is 4.08. The Morgan fingerprint density at radius 1 is 1.19 bits per heavy atom. The molecule has 1 aliphatic carbocycles. The number of amides is 1. The van der Waals surface area contributed by atoms with Crippen molar-refractivity contribution in [3.8, 4) is 5.75 Å². The number of carbonyl (C=O) groups is 1. The number of rotatable bonds is 5. The van der Waals surface area contributed by atoms with Crippen LogP contribution >= 0.6 is 15.9 Å². The molecule has 0 atom stereocenters. The van der Waals surface area contributed by atoms with Gasteiger partial charge in [0.15, 0.2) is 0 Å². The van der Waals surface area contributed by atoms with E-state index in [0.717, 1.165) is 34.3 Å². The summed E-state index contributed by atoms with van der Waals surface area (Å²) in [5, 5.41) is 2.93. The molecule has 108 valence electrons. The van der Waals surface area contributed by atoms with E-state index < -0.39 is 0 Å². The molecule has 0 aliphatic heterocycles. The van der Waals surface area contributed by atoms with Crippen LogP contribution in [0, 0.1) is 5.92 Å². The molecule has 0 bridgehead atoms. The van der Waals surface area contributed by atoms with Crippen LogP contribution in [0.25, 0.3) is 0 Å². The Hall–Kier alpha value is -1.81. The highest BCUT2D eigenvalue weighted by Gasteiger charge is 2.29. The van der Waals surface area contributed by atoms with Gasteiger partial charge in [-0.05, 0) is 30.5 Å². The third-order valence-electron chi connectivity index (χ3n) is 3.34. The molecule has 2 aromatic carbocycles. The normalized spacial score (nSPS) is 13.8. The monoisotopic (exact) mass is 345 g/mol. The van der Waals surface area contributed by atoms with E-state index in [9.17, 15) is 4.79 Å². The zero-order chi connectivity index (χ0) is 14.7. The number of nitrogens with one attached hydrogen (secondary N) is 1. The maximum absolute atomic E-state index is 11.8. The van der Waals surface area contributed by atoms with Crippen LogP contribution in [0.2, 0.25) is 0 Å². The van der Waals surface area contributed by atoms with E-state index in [1.165, 1.54) is 0 Å². The molecule has 4 heteroatoms. The van der Waals surface area contributed by atoms with Crippen LogP contribution in [0.15, 0.2) is 53.0 Å². The highest BCUT2D eigenvalue weighted by atomic mass is 79.9. The van der Waals surface area contributed by atoms with Crippen LogP contribution in [0.4, 0.5) is 5.69 Å². The first-order valence-corrected chi connectivity index (χ1v) is 7.78. The first-order valence-electron chi connectivity index (χ1n) is 6.99. The second-order valence-electron chi connectivity index (χ2n) is 5.21. The molecule has 0 heterocycles. The summed E-state index contributed by atoms with van der Waals surface area (Å²) < 4.78 is 6.68. The van der Waals surface area contributed by atoms with E-state index in [4.69, 9.17) is 4.74 Å². The molecule has 0 unspecified atom stereocenters. The fraction of sp³-hybridized carbons (Fsp3) is 0.235. The Kier molecular flexibility index (Phi) is 4.25. The largest absolute Gasteiger partial charge is 0.489 e. The zero-order valence-electron chi connectivity index (χ0n) is 11.5. The predicted octanol–water partition coefficient (Wildman–Crippen LogP) is 4.38. The number of halogens is 1. The van der Waals surface area contributed by atoms with Crippen molar-refractivity contribution in [3.63, 3.8) is 0 Å². The van der Waals surface area contributed by atoms with Crippen LogP contribution < -0.4 is 10.1 Å². The number of ether oxygens (including phenoxy) is 1. The molecule has 0 radical (unpaired) electrons. The lowest BCUT2D eigenvalue weighted by atomic mass is 10.2. The van der Waals surface area contributed by atoms with Crippen molar-refractivity contribution in [3.05, 3.63) is 58.6 Å². The first kappa shape index (κ1) is 14.1. The molecule has 1 N–H and O–H groups in total. The predicted molar refractivity (Wildman–Crippen MR) is 86.3 cm³/mol. The van der Waals surface area contributed by atoms with Crippen LogP contribution in [0.5, 0.6) is 5.75 Å². The van der Waals surface area contributed by atoms with E-state index in [0.29, 0.717) is 6.61 Å². The molecule has 1 fully saturated rings. The minimum absolute atomic E-state index is 0.0992. The van der Waals surface area contributed by atoms with Gasteiger partial charge in [0.1, 0.15) is 12.4 Å². The highest BCUT2D eigenvalue weighted by Crippen LogP contribution is 2.31. The molecule has 1 amide bonds. The molecule has 21 heavy (non-hydrogen) atoms. The maximum Gasteiger partial charge on any atom is 0.227 e. The average Bonchev–Trinajstić information content (AvgIpc) is 3.30. The minimum Gasteiger partial charge on any atom is -0.489 e. The topological polar surface area (TPSA) is 38.3 Å². The minimum atomic E-state index is 0.0992. The summed E-state index contributed by atoms with van der Waals surface area (Å²) >= 11 is 3.45. The molecule has 3 rings (SSSR count). The van der Waals surface area contributed by atoms with Crippen LogP contribution in [0.3, 0.4) is 0 Å². The van der Waals surface area contributed by atoms with Crippen molar-refractivity contribution >= 4 is 27.5 Å². The Labute approximate surface area is 132 Å². The van der Waals surface area contributed by atoms with Gasteiger partial charge >= 0.3 is 0 Å². The smallest absolute Gasteiger partial charge is 0.227 e. The van der Waals surface area contributed by atoms with Crippen LogP contribution in [-0.4, -0.2) is 5.91 Å². The molecule has 3 nitrogen and oxygen atoms in total. The number of benzene rings is 2. The van der Waals surface area contributed by atoms with Gasteiger partial charge in [0.25, 0.3) is 0 Å². The standard InChI is InChI=1S/C17H16BrNO2/c18-14-8-15(19-17(20)13-6-7-13)10-16(9-14)21-11-12-4-2-1-3-5-12/h1-5,8-10,13H,6-7,11H2,(H,19,20). The molecule has 0 aromatic heterocycles. The number of anilines is 1. The molecule has 2 aromatic rings. The second kappa shape index (κ2) is 6.31. The summed E-state index contributed by atoms with van der Waals surface area (Å²) in [6.45, 7) is 0.507. The van der Waals surface area contributed by atoms with Gasteiger partial charge in [0.2, 0.25) is 5.91 Å². The molecule has 1 aliphatic rings. The number of carbonyl (C=O) groups excluding carboxylic acids is 1. The zero-order valence-corrected chi connectivity index (χ0v) is 13.1. The summed E-state index contributed by atoms with van der Waals surface area (Å²) in [4.78, 5) is 11.8. The van der Waals surface area contributed by atoms with Crippen LogP contribution in [0.1, 0.15) is 18.4 Å². The first-order chi connectivity index (χ1) is 10.2. The number of hydrogen-bond donors (Lipinski definition) is 1. The van der Waals surface area contributed by atoms with Gasteiger partial charge in [-0.1, -0.05) is 46.3 Å². The Balaban J connectivity index is 1.67. The lowest BCUT2D eigenvalue weighted by Crippen LogP contribution is -2.13. The third-order valence-corrected chi connectivity index (χ3v) is 3.79. The van der Waals surface area contributed by atoms with Crippen molar-refractivity contribution < 1.29 is 9.53 Å². The Morgan fingerprint density at radius 2 is 1.95 bits per heavy atom. The van der Waals surface area contributed by atoms with Gasteiger partial charge in [0, 0.05) is 22.1 Å². The quantitative estimate of drug-likeness (QED) is 0.873. The van der Waals surface area contributed by atoms with E-state index in [-0.39, 0.29) is 11.8 Å². The van der Waals surface area contributed by atoms with Crippen LogP contribution in [-0.2, 0) is 11.4 Å². The summed E-state index contributed by atoms with van der Waals surface area (Å²) in [6.07, 6.45) is 1.99. The van der Waals surface area contributed by atoms with E-state index >= 15 is 0 Å². The fourth-order valence-electron chi connectivity index (χ4n) is 2.05.